The van der Waals surface area contributed by atoms with E-state index in [1.54, 1.807) is 0 Å². The smallest absolute Gasteiger partial charge is 0.293 e. The molecule has 5 heteroatoms. The van der Waals surface area contributed by atoms with Crippen LogP contribution >= 0.6 is 15.9 Å². The number of halogens is 1. The molecule has 0 radical (unpaired) electrons. The number of aromatic nitrogens is 2. The molecular formula is C11H9BrN2O2. The minimum atomic E-state index is -0.213. The van der Waals surface area contributed by atoms with E-state index in [9.17, 15) is 4.79 Å². The van der Waals surface area contributed by atoms with Crippen LogP contribution in [-0.2, 0) is 6.42 Å². The van der Waals surface area contributed by atoms with Gasteiger partial charge in [-0.15, -0.1) is 0 Å². The van der Waals surface area contributed by atoms with E-state index in [2.05, 4.69) is 26.1 Å². The summed E-state index contributed by atoms with van der Waals surface area (Å²) in [7, 11) is 0. The van der Waals surface area contributed by atoms with Crippen molar-refractivity contribution in [3.63, 3.8) is 0 Å². The lowest BCUT2D eigenvalue weighted by molar-refractivity contribution is 0.0972. The summed E-state index contributed by atoms with van der Waals surface area (Å²) in [5.41, 5.74) is 1.07. The van der Waals surface area contributed by atoms with Gasteiger partial charge < -0.3 is 4.52 Å². The third kappa shape index (κ3) is 2.55. The van der Waals surface area contributed by atoms with Gasteiger partial charge in [-0.1, -0.05) is 33.2 Å². The average Bonchev–Trinajstić information content (AvgIpc) is 2.70. The molecule has 0 aliphatic heterocycles. The van der Waals surface area contributed by atoms with Crippen molar-refractivity contribution in [2.24, 2.45) is 0 Å². The van der Waals surface area contributed by atoms with Crippen molar-refractivity contribution >= 4 is 21.7 Å². The molecule has 0 amide bonds. The molecule has 0 aliphatic rings. The maximum Gasteiger partial charge on any atom is 0.293 e. The first kappa shape index (κ1) is 11.0. The predicted molar refractivity (Wildman–Crippen MR) is 61.3 cm³/mol. The van der Waals surface area contributed by atoms with E-state index in [0.29, 0.717) is 12.2 Å². The molecule has 16 heavy (non-hydrogen) atoms. The standard InChI is InChI=1S/C11H9BrN2O2/c1-7(15)11-13-10(14-16-11)6-8-2-4-9(12)5-3-8/h2-5H,6H2,1H3. The van der Waals surface area contributed by atoms with Crippen LogP contribution in [0, 0.1) is 0 Å². The normalized spacial score (nSPS) is 10.4. The number of nitrogens with zero attached hydrogens (tertiary/aromatic N) is 2. The first-order valence-electron chi connectivity index (χ1n) is 4.73. The SMILES string of the molecule is CC(=O)c1nc(Cc2ccc(Br)cc2)no1. The maximum atomic E-state index is 11.0. The Labute approximate surface area is 101 Å². The summed E-state index contributed by atoms with van der Waals surface area (Å²) in [5, 5.41) is 3.74. The zero-order chi connectivity index (χ0) is 11.5. The topological polar surface area (TPSA) is 56.0 Å². The third-order valence-electron chi connectivity index (χ3n) is 2.04. The van der Waals surface area contributed by atoms with Crippen LogP contribution in [0.15, 0.2) is 33.3 Å². The van der Waals surface area contributed by atoms with Gasteiger partial charge in [-0.05, 0) is 17.7 Å². The Bertz CT molecular complexity index is 505. The first-order chi connectivity index (χ1) is 7.65. The molecular weight excluding hydrogens is 272 g/mol. The largest absolute Gasteiger partial charge is 0.331 e. The lowest BCUT2D eigenvalue weighted by Crippen LogP contribution is -1.94. The minimum absolute atomic E-state index is 0.0621. The Morgan fingerprint density at radius 1 is 1.38 bits per heavy atom. The number of hydrogen-bond donors (Lipinski definition) is 0. The molecule has 0 saturated heterocycles. The second-order valence-electron chi connectivity index (χ2n) is 3.38. The Morgan fingerprint density at radius 2 is 2.06 bits per heavy atom. The summed E-state index contributed by atoms with van der Waals surface area (Å²) in [6, 6.07) is 7.82. The molecule has 4 nitrogen and oxygen atoms in total. The zero-order valence-electron chi connectivity index (χ0n) is 8.61. The van der Waals surface area contributed by atoms with Crippen LogP contribution in [0.2, 0.25) is 0 Å². The molecule has 82 valence electrons. The van der Waals surface area contributed by atoms with Crippen LogP contribution in [0.3, 0.4) is 0 Å². The summed E-state index contributed by atoms with van der Waals surface area (Å²) < 4.78 is 5.82. The molecule has 0 bridgehead atoms. The molecule has 0 spiro atoms. The number of rotatable bonds is 3. The number of hydrogen-bond acceptors (Lipinski definition) is 4. The van der Waals surface area contributed by atoms with Crippen molar-refractivity contribution in [2.45, 2.75) is 13.3 Å². The van der Waals surface area contributed by atoms with Crippen LogP contribution in [0.5, 0.6) is 0 Å². The van der Waals surface area contributed by atoms with E-state index in [1.165, 1.54) is 6.92 Å². The van der Waals surface area contributed by atoms with Crippen LogP contribution in [0.25, 0.3) is 0 Å². The summed E-state index contributed by atoms with van der Waals surface area (Å²) >= 11 is 3.36. The monoisotopic (exact) mass is 280 g/mol. The lowest BCUT2D eigenvalue weighted by atomic mass is 10.1. The number of ketones is 1. The van der Waals surface area contributed by atoms with Gasteiger partial charge in [0, 0.05) is 17.8 Å². The van der Waals surface area contributed by atoms with Gasteiger partial charge in [-0.3, -0.25) is 4.79 Å². The second-order valence-corrected chi connectivity index (χ2v) is 4.29. The van der Waals surface area contributed by atoms with E-state index in [0.717, 1.165) is 10.0 Å². The highest BCUT2D eigenvalue weighted by Gasteiger charge is 2.10. The van der Waals surface area contributed by atoms with Crippen LogP contribution < -0.4 is 0 Å². The van der Waals surface area contributed by atoms with E-state index in [4.69, 9.17) is 4.52 Å². The molecule has 2 rings (SSSR count). The van der Waals surface area contributed by atoms with Crippen molar-refractivity contribution < 1.29 is 9.32 Å². The second kappa shape index (κ2) is 4.57. The number of carbonyl (C=O) groups excluding carboxylic acids is 1. The van der Waals surface area contributed by atoms with Crippen molar-refractivity contribution in [3.8, 4) is 0 Å². The Hall–Kier alpha value is -1.49. The average molecular weight is 281 g/mol. The van der Waals surface area contributed by atoms with Crippen LogP contribution in [0.1, 0.15) is 29.0 Å². The van der Waals surface area contributed by atoms with Gasteiger partial charge in [0.2, 0.25) is 5.78 Å². The van der Waals surface area contributed by atoms with E-state index < -0.39 is 0 Å². The van der Waals surface area contributed by atoms with Gasteiger partial charge >= 0.3 is 0 Å². The van der Waals surface area contributed by atoms with Gasteiger partial charge in [0.1, 0.15) is 0 Å². The van der Waals surface area contributed by atoms with Gasteiger partial charge in [0.05, 0.1) is 0 Å². The fraction of sp³-hybridized carbons (Fsp3) is 0.182. The molecule has 1 aromatic heterocycles. The van der Waals surface area contributed by atoms with Gasteiger partial charge in [0.15, 0.2) is 5.82 Å². The molecule has 2 aromatic rings. The summed E-state index contributed by atoms with van der Waals surface area (Å²) in [5.74, 6) is 0.370. The summed E-state index contributed by atoms with van der Waals surface area (Å²) in [6.45, 7) is 1.40. The fourth-order valence-corrected chi connectivity index (χ4v) is 1.52. The molecule has 0 unspecified atom stereocenters. The molecule has 0 saturated carbocycles. The van der Waals surface area contributed by atoms with E-state index in [-0.39, 0.29) is 11.7 Å². The van der Waals surface area contributed by atoms with Gasteiger partial charge in [0.25, 0.3) is 5.89 Å². The first-order valence-corrected chi connectivity index (χ1v) is 5.52. The van der Waals surface area contributed by atoms with Gasteiger partial charge in [-0.2, -0.15) is 4.98 Å². The molecule has 1 aromatic carbocycles. The van der Waals surface area contributed by atoms with E-state index in [1.807, 2.05) is 24.3 Å². The van der Waals surface area contributed by atoms with Crippen LogP contribution in [-0.4, -0.2) is 15.9 Å². The zero-order valence-corrected chi connectivity index (χ0v) is 10.2. The van der Waals surface area contributed by atoms with Gasteiger partial charge in [-0.25, -0.2) is 0 Å². The summed E-state index contributed by atoms with van der Waals surface area (Å²) in [4.78, 5) is 14.9. The van der Waals surface area contributed by atoms with Crippen LogP contribution in [0.4, 0.5) is 0 Å². The number of carbonyl (C=O) groups is 1. The maximum absolute atomic E-state index is 11.0. The fourth-order valence-electron chi connectivity index (χ4n) is 1.25. The van der Waals surface area contributed by atoms with Crippen molar-refractivity contribution in [1.29, 1.82) is 0 Å². The molecule has 0 atom stereocenters. The molecule has 0 aliphatic carbocycles. The highest BCUT2D eigenvalue weighted by Crippen LogP contribution is 2.13. The lowest BCUT2D eigenvalue weighted by Gasteiger charge is -1.96. The highest BCUT2D eigenvalue weighted by molar-refractivity contribution is 9.10. The Balaban J connectivity index is 2.14. The minimum Gasteiger partial charge on any atom is -0.331 e. The summed E-state index contributed by atoms with van der Waals surface area (Å²) in [6.07, 6.45) is 0.560. The van der Waals surface area contributed by atoms with E-state index >= 15 is 0 Å². The molecule has 0 fully saturated rings. The van der Waals surface area contributed by atoms with Crippen molar-refractivity contribution in [2.75, 3.05) is 0 Å². The highest BCUT2D eigenvalue weighted by atomic mass is 79.9. The molecule has 0 N–H and O–H groups in total. The quantitative estimate of drug-likeness (QED) is 0.811. The van der Waals surface area contributed by atoms with Crippen molar-refractivity contribution in [3.05, 3.63) is 46.0 Å². The van der Waals surface area contributed by atoms with Crippen molar-refractivity contribution in [1.82, 2.24) is 10.1 Å². The number of benzene rings is 1. The Kier molecular flexibility index (Phi) is 3.14. The predicted octanol–water partition coefficient (Wildman–Crippen LogP) is 2.63. The Morgan fingerprint density at radius 3 is 2.62 bits per heavy atom. The number of Topliss-reactive ketones (excluding diaryl/α,β-unsaturated/α-hetero) is 1. The molecule has 1 heterocycles. The third-order valence-corrected chi connectivity index (χ3v) is 2.57.